The van der Waals surface area contributed by atoms with Crippen LogP contribution in [0.3, 0.4) is 0 Å². The monoisotopic (exact) mass is 548 g/mol. The van der Waals surface area contributed by atoms with Gasteiger partial charge in [0, 0.05) is 24.2 Å². The lowest BCUT2D eigenvalue weighted by Gasteiger charge is -2.63. The molecule has 2 bridgehead atoms. The predicted molar refractivity (Wildman–Crippen MR) is 139 cm³/mol. The Morgan fingerprint density at radius 2 is 1.95 bits per heavy atom. The van der Waals surface area contributed by atoms with Crippen LogP contribution in [0.4, 0.5) is 0 Å². The minimum Gasteiger partial charge on any atom is -0.481 e. The van der Waals surface area contributed by atoms with E-state index >= 15 is 0 Å². The highest BCUT2D eigenvalue weighted by molar-refractivity contribution is 5.97. The molecule has 0 aromatic carbocycles. The number of fused-ring (bicyclic) bond motifs is 3. The summed E-state index contributed by atoms with van der Waals surface area (Å²) in [7, 11) is 0. The van der Waals surface area contributed by atoms with Crippen LogP contribution in [0.15, 0.2) is 11.6 Å². The van der Waals surface area contributed by atoms with E-state index < -0.39 is 54.1 Å². The van der Waals surface area contributed by atoms with Gasteiger partial charge in [0.05, 0.1) is 38.4 Å². The van der Waals surface area contributed by atoms with Crippen molar-refractivity contribution in [1.82, 2.24) is 0 Å². The third-order valence-electron chi connectivity index (χ3n) is 10.5. The Morgan fingerprint density at radius 3 is 2.62 bits per heavy atom. The molecule has 0 aromatic heterocycles. The number of ketones is 1. The summed E-state index contributed by atoms with van der Waals surface area (Å²) in [6, 6.07) is 0. The van der Waals surface area contributed by atoms with Crippen molar-refractivity contribution in [2.24, 2.45) is 52.8 Å². The lowest BCUT2D eigenvalue weighted by Crippen LogP contribution is -2.64. The van der Waals surface area contributed by atoms with Crippen LogP contribution in [-0.4, -0.2) is 77.8 Å². The molecule has 0 amide bonds. The lowest BCUT2D eigenvalue weighted by molar-refractivity contribution is -0.228. The summed E-state index contributed by atoms with van der Waals surface area (Å²) in [5.74, 6) is -1.93. The van der Waals surface area contributed by atoms with Gasteiger partial charge < -0.3 is 29.5 Å². The first-order valence-electron chi connectivity index (χ1n) is 14.7. The van der Waals surface area contributed by atoms with Gasteiger partial charge in [0.15, 0.2) is 5.78 Å². The first-order valence-corrected chi connectivity index (χ1v) is 14.7. The number of aliphatic hydroxyl groups is 2. The fraction of sp³-hybridized carbons (Fsp3) is 0.833. The molecule has 4 aliphatic carbocycles. The maximum Gasteiger partial charge on any atom is 0.307 e. The smallest absolute Gasteiger partial charge is 0.307 e. The summed E-state index contributed by atoms with van der Waals surface area (Å²) >= 11 is 0. The maximum atomic E-state index is 13.9. The van der Waals surface area contributed by atoms with Crippen molar-refractivity contribution in [3.63, 3.8) is 0 Å². The van der Waals surface area contributed by atoms with Gasteiger partial charge in [-0.15, -0.1) is 0 Å². The van der Waals surface area contributed by atoms with Gasteiger partial charge in [0.25, 0.3) is 0 Å². The molecule has 39 heavy (non-hydrogen) atoms. The molecule has 11 atom stereocenters. The zero-order chi connectivity index (χ0) is 28.1. The Hall–Kier alpha value is -1.81. The van der Waals surface area contributed by atoms with E-state index in [1.807, 2.05) is 0 Å². The number of rotatable bonds is 8. The van der Waals surface area contributed by atoms with Crippen molar-refractivity contribution in [3.8, 4) is 0 Å². The summed E-state index contributed by atoms with van der Waals surface area (Å²) < 4.78 is 18.1. The number of esters is 1. The van der Waals surface area contributed by atoms with Gasteiger partial charge in [-0.05, 0) is 74.2 Å². The maximum absolute atomic E-state index is 13.9. The molecule has 218 valence electrons. The molecule has 5 aliphatic rings. The normalized spacial score (nSPS) is 42.1. The number of carboxylic acids is 1. The largest absolute Gasteiger partial charge is 0.481 e. The van der Waals surface area contributed by atoms with Crippen molar-refractivity contribution >= 4 is 17.7 Å². The molecule has 0 aromatic rings. The Balaban J connectivity index is 1.49. The van der Waals surface area contributed by atoms with Crippen LogP contribution in [0.25, 0.3) is 0 Å². The number of aliphatic carboxylic acids is 1. The predicted octanol–water partition coefficient (Wildman–Crippen LogP) is 2.62. The number of aliphatic hydroxyl groups excluding tert-OH is 2. The zero-order valence-corrected chi connectivity index (χ0v) is 23.3. The highest BCUT2D eigenvalue weighted by Gasteiger charge is 2.64. The molecule has 3 N–H and O–H groups in total. The lowest BCUT2D eigenvalue weighted by atomic mass is 9.45. The van der Waals surface area contributed by atoms with E-state index in [0.717, 1.165) is 37.7 Å². The average molecular weight is 549 g/mol. The first kappa shape index (κ1) is 28.7. The number of allylic oxidation sites excluding steroid dienone is 1. The van der Waals surface area contributed by atoms with Crippen LogP contribution in [-0.2, 0) is 28.6 Å². The van der Waals surface area contributed by atoms with Crippen LogP contribution in [0, 0.1) is 52.8 Å². The second kappa shape index (κ2) is 11.2. The minimum atomic E-state index is -1.03. The van der Waals surface area contributed by atoms with Gasteiger partial charge >= 0.3 is 11.9 Å². The molecule has 9 heteroatoms. The van der Waals surface area contributed by atoms with Crippen LogP contribution in [0.2, 0.25) is 0 Å². The molecule has 0 spiro atoms. The van der Waals surface area contributed by atoms with Crippen LogP contribution in [0.1, 0.15) is 59.3 Å². The molecular weight excluding hydrogens is 504 g/mol. The van der Waals surface area contributed by atoms with Gasteiger partial charge in [-0.3, -0.25) is 14.4 Å². The zero-order valence-electron chi connectivity index (χ0n) is 23.3. The number of hydrogen-bond donors (Lipinski definition) is 3. The second-order valence-corrected chi connectivity index (χ2v) is 13.1. The fourth-order valence-electron chi connectivity index (χ4n) is 9.25. The summed E-state index contributed by atoms with van der Waals surface area (Å²) in [5, 5.41) is 29.5. The van der Waals surface area contributed by atoms with Crippen molar-refractivity contribution in [3.05, 3.63) is 11.6 Å². The van der Waals surface area contributed by atoms with Crippen molar-refractivity contribution in [1.29, 1.82) is 0 Å². The van der Waals surface area contributed by atoms with Gasteiger partial charge in [0.2, 0.25) is 0 Å². The molecule has 1 saturated heterocycles. The SMILES string of the molecule is CC(=O)O[C@@H]1C[C@@]23COCC(C2CCC2C3=CC(=O)C3C2CCC(CC(C)C)C3C(=O)O)[C@H]1OC[C@@H](O)CO. The van der Waals surface area contributed by atoms with Crippen molar-refractivity contribution in [2.45, 2.75) is 77.6 Å². The number of ether oxygens (including phenoxy) is 3. The molecule has 0 radical (unpaired) electrons. The second-order valence-electron chi connectivity index (χ2n) is 13.1. The summed E-state index contributed by atoms with van der Waals surface area (Å²) in [6.45, 7) is 5.95. The number of carboxylic acid groups (broad SMARTS) is 1. The summed E-state index contributed by atoms with van der Waals surface area (Å²) in [4.78, 5) is 38.5. The average Bonchev–Trinajstić information content (AvgIpc) is 2.87. The van der Waals surface area contributed by atoms with E-state index in [2.05, 4.69) is 13.8 Å². The van der Waals surface area contributed by atoms with E-state index in [1.165, 1.54) is 6.92 Å². The topological polar surface area (TPSA) is 140 Å². The van der Waals surface area contributed by atoms with Crippen molar-refractivity contribution < 1.29 is 43.9 Å². The van der Waals surface area contributed by atoms with Gasteiger partial charge in [-0.25, -0.2) is 0 Å². The molecule has 3 saturated carbocycles. The molecule has 5 rings (SSSR count). The fourth-order valence-corrected chi connectivity index (χ4v) is 9.25. The molecule has 1 heterocycles. The number of carbonyl (C=O) groups excluding carboxylic acids is 2. The first-order chi connectivity index (χ1) is 18.6. The summed E-state index contributed by atoms with van der Waals surface area (Å²) in [5.41, 5.74) is 0.586. The van der Waals surface area contributed by atoms with Gasteiger partial charge in [-0.1, -0.05) is 19.4 Å². The Labute approximate surface area is 230 Å². The van der Waals surface area contributed by atoms with E-state index in [1.54, 1.807) is 6.08 Å². The van der Waals surface area contributed by atoms with E-state index in [-0.39, 0.29) is 42.0 Å². The molecule has 4 fully saturated rings. The van der Waals surface area contributed by atoms with E-state index in [0.29, 0.717) is 25.6 Å². The third kappa shape index (κ3) is 5.09. The minimum absolute atomic E-state index is 0.00133. The Morgan fingerprint density at radius 1 is 1.18 bits per heavy atom. The van der Waals surface area contributed by atoms with Gasteiger partial charge in [0.1, 0.15) is 12.2 Å². The molecule has 7 unspecified atom stereocenters. The van der Waals surface area contributed by atoms with Crippen LogP contribution < -0.4 is 0 Å². The number of hydrogen-bond acceptors (Lipinski definition) is 8. The number of carbonyl (C=O) groups is 3. The third-order valence-corrected chi connectivity index (χ3v) is 10.5. The quantitative estimate of drug-likeness (QED) is 0.391. The van der Waals surface area contributed by atoms with E-state index in [4.69, 9.17) is 14.2 Å². The van der Waals surface area contributed by atoms with Crippen molar-refractivity contribution in [2.75, 3.05) is 26.4 Å². The van der Waals surface area contributed by atoms with Crippen LogP contribution >= 0.6 is 0 Å². The Kier molecular flexibility index (Phi) is 8.26. The highest BCUT2D eigenvalue weighted by atomic mass is 16.6. The molecule has 1 aliphatic heterocycles. The molecular formula is C30H44O9. The van der Waals surface area contributed by atoms with Gasteiger partial charge in [-0.2, -0.15) is 0 Å². The standard InChI is InChI=1S/C30H44O9/c1-15(2)8-17-4-5-20-19-6-7-22-21-13-37-14-30(22,23(19)9-24(34)27(20)26(17)29(35)36)10-25(39-16(3)32)28(21)38-12-18(33)11-31/h9,15,17-22,25-28,31,33H,4-8,10-14H2,1-3H3,(H,35,36)/t17?,18-,19?,20?,21?,22?,25+,26?,27?,28+,30+/m0/s1. The Bertz CT molecular complexity index is 991. The summed E-state index contributed by atoms with van der Waals surface area (Å²) in [6.07, 6.45) is 4.40. The highest BCUT2D eigenvalue weighted by Crippen LogP contribution is 2.64. The molecule has 9 nitrogen and oxygen atoms in total. The van der Waals surface area contributed by atoms with E-state index in [9.17, 15) is 29.7 Å². The van der Waals surface area contributed by atoms with Crippen LogP contribution in [0.5, 0.6) is 0 Å².